The number of guanidine groups is 1. The molecule has 0 saturated carbocycles. The highest BCUT2D eigenvalue weighted by molar-refractivity contribution is 14.0. The van der Waals surface area contributed by atoms with E-state index >= 15 is 0 Å². The third kappa shape index (κ3) is 6.81. The Bertz CT molecular complexity index is 933. The Labute approximate surface area is 194 Å². The van der Waals surface area contributed by atoms with Crippen molar-refractivity contribution in [3.05, 3.63) is 69.7 Å². The fourth-order valence-corrected chi connectivity index (χ4v) is 3.63. The zero-order chi connectivity index (χ0) is 19.9. The molecule has 0 fully saturated rings. The second kappa shape index (κ2) is 11.3. The van der Waals surface area contributed by atoms with E-state index in [1.54, 1.807) is 11.3 Å². The lowest BCUT2D eigenvalue weighted by molar-refractivity contribution is 0.471. The van der Waals surface area contributed by atoms with Crippen LogP contribution in [0.25, 0.3) is 0 Å². The maximum Gasteiger partial charge on any atom is 0.194 e. The van der Waals surface area contributed by atoms with Gasteiger partial charge in [0.1, 0.15) is 5.82 Å². The molecule has 3 aromatic rings. The van der Waals surface area contributed by atoms with Gasteiger partial charge in [-0.25, -0.2) is 15.0 Å². The second-order valence-electron chi connectivity index (χ2n) is 6.81. The minimum atomic E-state index is 0. The van der Waals surface area contributed by atoms with Gasteiger partial charge in [0, 0.05) is 37.9 Å². The molecule has 2 heterocycles. The molecule has 0 unspecified atom stereocenters. The van der Waals surface area contributed by atoms with Crippen LogP contribution < -0.4 is 5.32 Å². The summed E-state index contributed by atoms with van der Waals surface area (Å²) in [6.45, 7) is 9.19. The highest BCUT2D eigenvalue weighted by Crippen LogP contribution is 2.12. The van der Waals surface area contributed by atoms with Crippen molar-refractivity contribution >= 4 is 41.3 Å². The minimum Gasteiger partial charge on any atom is -0.357 e. The molecule has 2 aromatic heterocycles. The summed E-state index contributed by atoms with van der Waals surface area (Å²) in [5, 5.41) is 6.58. The Morgan fingerprint density at radius 3 is 2.72 bits per heavy atom. The molecule has 0 radical (unpaired) electrons. The predicted octanol–water partition coefficient (Wildman–Crippen LogP) is 4.22. The second-order valence-corrected chi connectivity index (χ2v) is 7.87. The summed E-state index contributed by atoms with van der Waals surface area (Å²) >= 11 is 1.68. The molecule has 1 N–H and O–H groups in total. The van der Waals surface area contributed by atoms with Gasteiger partial charge in [-0.3, -0.25) is 0 Å². The van der Waals surface area contributed by atoms with Crippen molar-refractivity contribution in [3.63, 3.8) is 0 Å². The van der Waals surface area contributed by atoms with Crippen molar-refractivity contribution in [3.8, 4) is 0 Å². The van der Waals surface area contributed by atoms with E-state index in [1.807, 2.05) is 26.2 Å². The van der Waals surface area contributed by atoms with Gasteiger partial charge in [-0.1, -0.05) is 24.3 Å². The van der Waals surface area contributed by atoms with Crippen molar-refractivity contribution in [1.82, 2.24) is 24.8 Å². The van der Waals surface area contributed by atoms with Crippen molar-refractivity contribution < 1.29 is 0 Å². The van der Waals surface area contributed by atoms with Gasteiger partial charge in [0.15, 0.2) is 5.96 Å². The topological polar surface area (TPSA) is 58.3 Å². The van der Waals surface area contributed by atoms with Crippen LogP contribution in [-0.2, 0) is 19.6 Å². The van der Waals surface area contributed by atoms with Gasteiger partial charge in [0.05, 0.1) is 23.8 Å². The summed E-state index contributed by atoms with van der Waals surface area (Å²) in [5.41, 5.74) is 3.53. The normalized spacial score (nSPS) is 11.2. The number of aromatic nitrogens is 3. The first-order chi connectivity index (χ1) is 13.5. The summed E-state index contributed by atoms with van der Waals surface area (Å²) in [4.78, 5) is 15.8. The number of aliphatic imine (C=N–C) groups is 1. The van der Waals surface area contributed by atoms with Gasteiger partial charge < -0.3 is 14.8 Å². The number of benzene rings is 1. The molecule has 0 aliphatic rings. The van der Waals surface area contributed by atoms with Gasteiger partial charge in [-0.2, -0.15) is 0 Å². The minimum absolute atomic E-state index is 0. The molecule has 0 amide bonds. The first-order valence-corrected chi connectivity index (χ1v) is 10.4. The molecule has 156 valence electrons. The molecule has 0 saturated heterocycles. The summed E-state index contributed by atoms with van der Waals surface area (Å²) in [7, 11) is 2.05. The molecule has 0 aliphatic heterocycles. The van der Waals surface area contributed by atoms with E-state index in [9.17, 15) is 0 Å². The van der Waals surface area contributed by atoms with Gasteiger partial charge >= 0.3 is 0 Å². The highest BCUT2D eigenvalue weighted by atomic mass is 127. The lowest BCUT2D eigenvalue weighted by Crippen LogP contribution is -2.38. The lowest BCUT2D eigenvalue weighted by Gasteiger charge is -2.21. The zero-order valence-electron chi connectivity index (χ0n) is 17.4. The molecular weight excluding hydrogens is 495 g/mol. The molecule has 0 atom stereocenters. The van der Waals surface area contributed by atoms with Gasteiger partial charge in [-0.15, -0.1) is 35.3 Å². The van der Waals surface area contributed by atoms with Crippen LogP contribution in [0.1, 0.15) is 34.6 Å². The standard InChI is InChI=1S/C21H28N6S.HI/c1-5-22-21(26(4)14-20-15-28-17(3)25-20)24-12-18-7-6-8-19(11-18)13-27-10-9-23-16(27)2;/h6-11,15H,5,12-14H2,1-4H3,(H,22,24);1H. The number of imidazole rings is 1. The lowest BCUT2D eigenvalue weighted by atomic mass is 10.1. The molecule has 0 spiro atoms. The molecule has 8 heteroatoms. The first-order valence-electron chi connectivity index (χ1n) is 9.51. The maximum atomic E-state index is 4.83. The fraction of sp³-hybridized carbons (Fsp3) is 0.381. The number of nitrogens with one attached hydrogen (secondary N) is 1. The van der Waals surface area contributed by atoms with E-state index in [1.165, 1.54) is 11.1 Å². The Morgan fingerprint density at radius 2 is 2.07 bits per heavy atom. The Balaban J connectivity index is 0.00000300. The quantitative estimate of drug-likeness (QED) is 0.286. The number of rotatable bonds is 7. The molecule has 1 aromatic carbocycles. The average Bonchev–Trinajstić information content (AvgIpc) is 3.27. The summed E-state index contributed by atoms with van der Waals surface area (Å²) in [5.74, 6) is 1.92. The fourth-order valence-electron chi connectivity index (χ4n) is 3.03. The van der Waals surface area contributed by atoms with Gasteiger partial charge in [0.2, 0.25) is 0 Å². The molecule has 29 heavy (non-hydrogen) atoms. The first kappa shape index (κ1) is 23.3. The van der Waals surface area contributed by atoms with Crippen LogP contribution in [0.3, 0.4) is 0 Å². The van der Waals surface area contributed by atoms with E-state index in [0.29, 0.717) is 6.54 Å². The van der Waals surface area contributed by atoms with E-state index in [4.69, 9.17) is 4.99 Å². The molecular formula is C21H29IN6S. The Morgan fingerprint density at radius 1 is 1.28 bits per heavy atom. The molecule has 3 rings (SSSR count). The van der Waals surface area contributed by atoms with Gasteiger partial charge in [0.25, 0.3) is 0 Å². The van der Waals surface area contributed by atoms with E-state index in [0.717, 1.165) is 42.1 Å². The number of nitrogens with zero attached hydrogens (tertiary/aromatic N) is 5. The SMILES string of the molecule is CCNC(=NCc1cccc(Cn2ccnc2C)c1)N(C)Cc1csc(C)n1.I. The molecule has 0 aliphatic carbocycles. The zero-order valence-corrected chi connectivity index (χ0v) is 20.6. The summed E-state index contributed by atoms with van der Waals surface area (Å²) in [6.07, 6.45) is 3.85. The summed E-state index contributed by atoms with van der Waals surface area (Å²) in [6, 6.07) is 8.59. The molecule has 0 bridgehead atoms. The average molecular weight is 524 g/mol. The van der Waals surface area contributed by atoms with Crippen LogP contribution in [0.5, 0.6) is 0 Å². The van der Waals surface area contributed by atoms with Crippen LogP contribution in [-0.4, -0.2) is 39.0 Å². The Kier molecular flexibility index (Phi) is 9.09. The number of aryl methyl sites for hydroxylation is 2. The number of thiazole rings is 1. The number of halogens is 1. The van der Waals surface area contributed by atoms with Crippen molar-refractivity contribution in [2.45, 2.75) is 40.4 Å². The smallest absolute Gasteiger partial charge is 0.194 e. The van der Waals surface area contributed by atoms with E-state index < -0.39 is 0 Å². The van der Waals surface area contributed by atoms with Gasteiger partial charge in [-0.05, 0) is 31.9 Å². The van der Waals surface area contributed by atoms with Crippen molar-refractivity contribution in [2.24, 2.45) is 4.99 Å². The van der Waals surface area contributed by atoms with Crippen LogP contribution in [0.4, 0.5) is 0 Å². The van der Waals surface area contributed by atoms with Crippen LogP contribution >= 0.6 is 35.3 Å². The number of hydrogen-bond acceptors (Lipinski definition) is 4. The third-order valence-corrected chi connectivity index (χ3v) is 5.26. The third-order valence-electron chi connectivity index (χ3n) is 4.44. The van der Waals surface area contributed by atoms with Crippen molar-refractivity contribution in [1.29, 1.82) is 0 Å². The van der Waals surface area contributed by atoms with Crippen LogP contribution in [0.15, 0.2) is 47.0 Å². The van der Waals surface area contributed by atoms with Crippen molar-refractivity contribution in [2.75, 3.05) is 13.6 Å². The van der Waals surface area contributed by atoms with E-state index in [-0.39, 0.29) is 24.0 Å². The highest BCUT2D eigenvalue weighted by Gasteiger charge is 2.09. The van der Waals surface area contributed by atoms with Crippen LogP contribution in [0, 0.1) is 13.8 Å². The summed E-state index contributed by atoms with van der Waals surface area (Å²) < 4.78 is 2.15. The monoisotopic (exact) mass is 524 g/mol. The van der Waals surface area contributed by atoms with E-state index in [2.05, 4.69) is 68.4 Å². The Hall–Kier alpha value is -1.94. The largest absolute Gasteiger partial charge is 0.357 e. The van der Waals surface area contributed by atoms with Crippen LogP contribution in [0.2, 0.25) is 0 Å². The predicted molar refractivity (Wildman–Crippen MR) is 131 cm³/mol. The maximum absolute atomic E-state index is 4.83. The molecule has 6 nitrogen and oxygen atoms in total. The number of hydrogen-bond donors (Lipinski definition) is 1.